The van der Waals surface area contributed by atoms with E-state index in [0.29, 0.717) is 11.0 Å². The molecule has 5 rings (SSSR count). The number of amides is 1. The van der Waals surface area contributed by atoms with Crippen LogP contribution in [0.2, 0.25) is 0 Å². The number of hydrogen-bond acceptors (Lipinski definition) is 7. The average Bonchev–Trinajstić information content (AvgIpc) is 3.38. The first-order valence-corrected chi connectivity index (χ1v) is 11.5. The molecule has 0 fully saturated rings. The van der Waals surface area contributed by atoms with Crippen LogP contribution in [0.5, 0.6) is 0 Å². The number of carbonyl (C=O) groups is 1. The SMILES string of the molecule is Cc1nc2c3ccccc3nc(SCC(=O)Nc3cccc(-c4csc(C)n4)c3)n2n1. The zero-order valence-corrected chi connectivity index (χ0v) is 18.5. The maximum atomic E-state index is 12.6. The van der Waals surface area contributed by atoms with Crippen LogP contribution in [-0.2, 0) is 4.79 Å². The van der Waals surface area contributed by atoms with E-state index in [9.17, 15) is 4.79 Å². The highest BCUT2D eigenvalue weighted by Crippen LogP contribution is 2.26. The van der Waals surface area contributed by atoms with E-state index in [1.165, 1.54) is 11.8 Å². The van der Waals surface area contributed by atoms with Crippen LogP contribution in [0.4, 0.5) is 5.69 Å². The Balaban J connectivity index is 1.34. The number of hydrogen-bond donors (Lipinski definition) is 1. The summed E-state index contributed by atoms with van der Waals surface area (Å²) < 4.78 is 1.71. The van der Waals surface area contributed by atoms with Gasteiger partial charge >= 0.3 is 0 Å². The maximum absolute atomic E-state index is 12.6. The van der Waals surface area contributed by atoms with Crippen molar-refractivity contribution in [2.45, 2.75) is 19.0 Å². The molecule has 5 aromatic rings. The van der Waals surface area contributed by atoms with Crippen molar-refractivity contribution in [3.63, 3.8) is 0 Å². The van der Waals surface area contributed by atoms with Gasteiger partial charge in [0.2, 0.25) is 5.91 Å². The molecule has 3 heterocycles. The third-order valence-electron chi connectivity index (χ3n) is 4.65. The number of thiazole rings is 1. The zero-order valence-electron chi connectivity index (χ0n) is 16.9. The first-order chi connectivity index (χ1) is 15.1. The molecule has 1 amide bonds. The van der Waals surface area contributed by atoms with Crippen LogP contribution in [0.1, 0.15) is 10.8 Å². The molecule has 7 nitrogen and oxygen atoms in total. The Morgan fingerprint density at radius 1 is 1.10 bits per heavy atom. The molecule has 154 valence electrons. The van der Waals surface area contributed by atoms with Crippen LogP contribution >= 0.6 is 23.1 Å². The number of fused-ring (bicyclic) bond motifs is 3. The number of thioether (sulfide) groups is 1. The van der Waals surface area contributed by atoms with Crippen LogP contribution < -0.4 is 5.32 Å². The van der Waals surface area contributed by atoms with E-state index in [0.717, 1.165) is 38.5 Å². The molecule has 0 aliphatic rings. The second-order valence-electron chi connectivity index (χ2n) is 6.98. The van der Waals surface area contributed by atoms with E-state index in [1.54, 1.807) is 15.9 Å². The van der Waals surface area contributed by atoms with Crippen LogP contribution in [-0.4, -0.2) is 36.2 Å². The normalized spacial score (nSPS) is 11.3. The predicted molar refractivity (Wildman–Crippen MR) is 125 cm³/mol. The van der Waals surface area contributed by atoms with Gasteiger partial charge in [-0.15, -0.1) is 16.4 Å². The van der Waals surface area contributed by atoms with Gasteiger partial charge in [-0.05, 0) is 38.1 Å². The molecule has 31 heavy (non-hydrogen) atoms. The van der Waals surface area contributed by atoms with Crippen molar-refractivity contribution in [1.29, 1.82) is 0 Å². The number of aromatic nitrogens is 5. The van der Waals surface area contributed by atoms with Crippen LogP contribution in [0.15, 0.2) is 59.1 Å². The molecule has 1 N–H and O–H groups in total. The number of rotatable bonds is 5. The molecule has 0 saturated carbocycles. The lowest BCUT2D eigenvalue weighted by atomic mass is 10.1. The van der Waals surface area contributed by atoms with Crippen molar-refractivity contribution >= 4 is 51.2 Å². The number of para-hydroxylation sites is 1. The molecule has 2 aromatic carbocycles. The van der Waals surface area contributed by atoms with Gasteiger partial charge in [-0.1, -0.05) is 36.0 Å². The maximum Gasteiger partial charge on any atom is 0.234 e. The number of nitrogens with zero attached hydrogens (tertiary/aromatic N) is 5. The number of benzene rings is 2. The quantitative estimate of drug-likeness (QED) is 0.310. The molecule has 0 spiro atoms. The van der Waals surface area contributed by atoms with Crippen LogP contribution in [0.25, 0.3) is 27.8 Å². The first-order valence-electron chi connectivity index (χ1n) is 9.64. The number of nitrogens with one attached hydrogen (secondary N) is 1. The Bertz CT molecular complexity index is 1420. The highest BCUT2D eigenvalue weighted by Gasteiger charge is 2.14. The van der Waals surface area contributed by atoms with E-state index in [2.05, 4.69) is 25.4 Å². The Morgan fingerprint density at radius 3 is 2.81 bits per heavy atom. The van der Waals surface area contributed by atoms with E-state index in [-0.39, 0.29) is 11.7 Å². The summed E-state index contributed by atoms with van der Waals surface area (Å²) in [6.45, 7) is 3.82. The van der Waals surface area contributed by atoms with Crippen molar-refractivity contribution in [3.8, 4) is 11.3 Å². The largest absolute Gasteiger partial charge is 0.325 e. The molecule has 0 radical (unpaired) electrons. The van der Waals surface area contributed by atoms with Gasteiger partial charge in [-0.2, -0.15) is 4.52 Å². The minimum atomic E-state index is -0.114. The fourth-order valence-electron chi connectivity index (χ4n) is 3.31. The van der Waals surface area contributed by atoms with E-state index in [1.807, 2.05) is 67.8 Å². The molecule has 0 unspecified atom stereocenters. The lowest BCUT2D eigenvalue weighted by Gasteiger charge is -2.08. The van der Waals surface area contributed by atoms with E-state index in [4.69, 9.17) is 0 Å². The summed E-state index contributed by atoms with van der Waals surface area (Å²) in [5.74, 6) is 0.759. The second-order valence-corrected chi connectivity index (χ2v) is 8.98. The average molecular weight is 447 g/mol. The molecule has 3 aromatic heterocycles. The van der Waals surface area contributed by atoms with E-state index < -0.39 is 0 Å². The molecule has 0 bridgehead atoms. The Morgan fingerprint density at radius 2 is 1.97 bits per heavy atom. The molecule has 0 aliphatic heterocycles. The minimum Gasteiger partial charge on any atom is -0.325 e. The van der Waals surface area contributed by atoms with Gasteiger partial charge in [-0.3, -0.25) is 4.79 Å². The van der Waals surface area contributed by atoms with Gasteiger partial charge < -0.3 is 5.32 Å². The summed E-state index contributed by atoms with van der Waals surface area (Å²) in [6.07, 6.45) is 0. The lowest BCUT2D eigenvalue weighted by Crippen LogP contribution is -2.14. The molecule has 0 saturated heterocycles. The van der Waals surface area contributed by atoms with Crippen molar-refractivity contribution in [2.24, 2.45) is 0 Å². The summed E-state index contributed by atoms with van der Waals surface area (Å²) in [5, 5.41) is 12.0. The summed E-state index contributed by atoms with van der Waals surface area (Å²) in [4.78, 5) is 26.4. The summed E-state index contributed by atoms with van der Waals surface area (Å²) in [5.41, 5.74) is 4.21. The number of carbonyl (C=O) groups excluding carboxylic acids is 1. The molecule has 0 atom stereocenters. The van der Waals surface area contributed by atoms with Crippen LogP contribution in [0, 0.1) is 13.8 Å². The fourth-order valence-corrected chi connectivity index (χ4v) is 4.67. The van der Waals surface area contributed by atoms with Gasteiger partial charge in [0.05, 0.1) is 22.0 Å². The molecular weight excluding hydrogens is 428 g/mol. The first kappa shape index (κ1) is 19.7. The highest BCUT2D eigenvalue weighted by molar-refractivity contribution is 7.99. The molecular formula is C22H18N6OS2. The highest BCUT2D eigenvalue weighted by atomic mass is 32.2. The fraction of sp³-hybridized carbons (Fsp3) is 0.136. The monoisotopic (exact) mass is 446 g/mol. The van der Waals surface area contributed by atoms with Gasteiger partial charge in [0.25, 0.3) is 0 Å². The predicted octanol–water partition coefficient (Wildman–Crippen LogP) is 4.75. The van der Waals surface area contributed by atoms with Gasteiger partial charge in [0.1, 0.15) is 5.82 Å². The van der Waals surface area contributed by atoms with Gasteiger partial charge in [0, 0.05) is 22.0 Å². The standard InChI is InChI=1S/C22H18N6OS2/c1-13-23-21-17-8-3-4-9-18(17)26-22(28(21)27-13)31-12-20(29)25-16-7-5-6-15(10-16)19-11-30-14(2)24-19/h3-11H,12H2,1-2H3,(H,25,29). The Hall–Kier alpha value is -3.30. The lowest BCUT2D eigenvalue weighted by molar-refractivity contribution is -0.113. The zero-order chi connectivity index (χ0) is 21.4. The number of anilines is 1. The topological polar surface area (TPSA) is 85.1 Å². The smallest absolute Gasteiger partial charge is 0.234 e. The summed E-state index contributed by atoms with van der Waals surface area (Å²) >= 11 is 2.94. The van der Waals surface area contributed by atoms with E-state index >= 15 is 0 Å². The minimum absolute atomic E-state index is 0.114. The Labute approximate surface area is 186 Å². The van der Waals surface area contributed by atoms with Crippen molar-refractivity contribution in [2.75, 3.05) is 11.1 Å². The van der Waals surface area contributed by atoms with Crippen molar-refractivity contribution < 1.29 is 4.79 Å². The number of aryl methyl sites for hydroxylation is 2. The second kappa shape index (κ2) is 8.09. The van der Waals surface area contributed by atoms with Gasteiger partial charge in [-0.25, -0.2) is 15.0 Å². The molecule has 9 heteroatoms. The summed E-state index contributed by atoms with van der Waals surface area (Å²) in [6, 6.07) is 15.5. The summed E-state index contributed by atoms with van der Waals surface area (Å²) in [7, 11) is 0. The van der Waals surface area contributed by atoms with Crippen LogP contribution in [0.3, 0.4) is 0 Å². The van der Waals surface area contributed by atoms with Crippen molar-refractivity contribution in [1.82, 2.24) is 24.6 Å². The molecule has 0 aliphatic carbocycles. The third-order valence-corrected chi connectivity index (χ3v) is 6.35. The Kier molecular flexibility index (Phi) is 5.13. The van der Waals surface area contributed by atoms with Crippen molar-refractivity contribution in [3.05, 3.63) is 64.7 Å². The van der Waals surface area contributed by atoms with Gasteiger partial charge in [0.15, 0.2) is 10.8 Å². The third kappa shape index (κ3) is 4.01.